The Hall–Kier alpha value is -1.80. The first kappa shape index (κ1) is 10.4. The number of H-pyrrole nitrogens is 1. The lowest BCUT2D eigenvalue weighted by Crippen LogP contribution is -1.90. The molecule has 0 saturated carbocycles. The second kappa shape index (κ2) is 3.60. The van der Waals surface area contributed by atoms with Crippen molar-refractivity contribution in [3.63, 3.8) is 0 Å². The third kappa shape index (κ3) is 1.61. The van der Waals surface area contributed by atoms with Crippen molar-refractivity contribution in [1.29, 1.82) is 0 Å². The molecule has 0 atom stereocenters. The van der Waals surface area contributed by atoms with E-state index < -0.39 is 0 Å². The van der Waals surface area contributed by atoms with E-state index in [1.54, 1.807) is 6.92 Å². The molecule has 17 heavy (non-hydrogen) atoms. The Morgan fingerprint density at radius 3 is 2.41 bits per heavy atom. The van der Waals surface area contributed by atoms with E-state index in [4.69, 9.17) is 11.6 Å². The molecule has 0 saturated heterocycles. The predicted octanol–water partition coefficient (Wildman–Crippen LogP) is 4.18. The van der Waals surface area contributed by atoms with E-state index in [1.165, 1.54) is 0 Å². The monoisotopic (exact) mass is 243 g/mol. The van der Waals surface area contributed by atoms with E-state index in [0.717, 1.165) is 27.4 Å². The van der Waals surface area contributed by atoms with E-state index in [0.29, 0.717) is 5.02 Å². The molecule has 0 amide bonds. The lowest BCUT2D eigenvalue weighted by molar-refractivity contribution is 0.101. The van der Waals surface area contributed by atoms with Crippen LogP contribution >= 0.6 is 11.6 Å². The van der Waals surface area contributed by atoms with Gasteiger partial charge in [-0.1, -0.05) is 11.6 Å². The SMILES string of the molecule is CC(=O)c1ccc2[nH]c3ccc(Cl)cc3c2c1. The summed E-state index contributed by atoms with van der Waals surface area (Å²) in [5.41, 5.74) is 2.77. The van der Waals surface area contributed by atoms with Gasteiger partial charge in [-0.3, -0.25) is 4.79 Å². The highest BCUT2D eigenvalue weighted by atomic mass is 35.5. The number of fused-ring (bicyclic) bond motifs is 3. The van der Waals surface area contributed by atoms with Crippen LogP contribution in [0, 0.1) is 0 Å². The number of hydrogen-bond donors (Lipinski definition) is 1. The molecule has 3 aromatic rings. The van der Waals surface area contributed by atoms with Crippen molar-refractivity contribution in [2.45, 2.75) is 6.92 Å². The number of benzene rings is 2. The topological polar surface area (TPSA) is 32.9 Å². The predicted molar refractivity (Wildman–Crippen MR) is 70.8 cm³/mol. The zero-order valence-corrected chi connectivity index (χ0v) is 10.0. The second-order valence-electron chi connectivity index (χ2n) is 4.13. The van der Waals surface area contributed by atoms with Crippen LogP contribution in [-0.4, -0.2) is 10.8 Å². The van der Waals surface area contributed by atoms with Crippen molar-refractivity contribution in [2.75, 3.05) is 0 Å². The maximum atomic E-state index is 11.4. The molecule has 0 aliphatic heterocycles. The first-order chi connectivity index (χ1) is 8.15. The average Bonchev–Trinajstić information content (AvgIpc) is 2.66. The van der Waals surface area contributed by atoms with Gasteiger partial charge in [0.1, 0.15) is 0 Å². The molecule has 1 N–H and O–H groups in total. The largest absolute Gasteiger partial charge is 0.355 e. The number of carbonyl (C=O) groups excluding carboxylic acids is 1. The Morgan fingerprint density at radius 1 is 1.06 bits per heavy atom. The molecule has 1 aromatic heterocycles. The van der Waals surface area contributed by atoms with Gasteiger partial charge < -0.3 is 4.98 Å². The highest BCUT2D eigenvalue weighted by Crippen LogP contribution is 2.28. The smallest absolute Gasteiger partial charge is 0.159 e. The average molecular weight is 244 g/mol. The number of halogens is 1. The summed E-state index contributed by atoms with van der Waals surface area (Å²) < 4.78 is 0. The van der Waals surface area contributed by atoms with Gasteiger partial charge >= 0.3 is 0 Å². The minimum atomic E-state index is 0.0725. The number of nitrogens with one attached hydrogen (secondary N) is 1. The fourth-order valence-electron chi connectivity index (χ4n) is 2.09. The van der Waals surface area contributed by atoms with E-state index in [1.807, 2.05) is 36.4 Å². The zero-order valence-electron chi connectivity index (χ0n) is 9.25. The van der Waals surface area contributed by atoms with Crippen LogP contribution in [0.5, 0.6) is 0 Å². The van der Waals surface area contributed by atoms with Crippen molar-refractivity contribution >= 4 is 39.2 Å². The van der Waals surface area contributed by atoms with Crippen LogP contribution in [0.15, 0.2) is 36.4 Å². The van der Waals surface area contributed by atoms with Gasteiger partial charge in [-0.15, -0.1) is 0 Å². The molecule has 0 bridgehead atoms. The van der Waals surface area contributed by atoms with E-state index in [9.17, 15) is 4.79 Å². The molecule has 3 rings (SSSR count). The van der Waals surface area contributed by atoms with Crippen LogP contribution in [-0.2, 0) is 0 Å². The van der Waals surface area contributed by atoms with Gasteiger partial charge in [0.2, 0.25) is 0 Å². The zero-order chi connectivity index (χ0) is 12.0. The summed E-state index contributed by atoms with van der Waals surface area (Å²) in [7, 11) is 0. The first-order valence-electron chi connectivity index (χ1n) is 5.37. The Labute approximate surface area is 103 Å². The summed E-state index contributed by atoms with van der Waals surface area (Å²) in [4.78, 5) is 14.7. The number of aromatic amines is 1. The Balaban J connectivity index is 2.43. The summed E-state index contributed by atoms with van der Waals surface area (Å²) in [5, 5.41) is 2.79. The van der Waals surface area contributed by atoms with E-state index >= 15 is 0 Å². The Bertz CT molecular complexity index is 742. The van der Waals surface area contributed by atoms with Gasteiger partial charge in [0.25, 0.3) is 0 Å². The lowest BCUT2D eigenvalue weighted by Gasteiger charge is -1.96. The second-order valence-corrected chi connectivity index (χ2v) is 4.57. The van der Waals surface area contributed by atoms with Gasteiger partial charge in [0.05, 0.1) is 0 Å². The molecule has 0 aliphatic carbocycles. The molecular weight excluding hydrogens is 234 g/mol. The first-order valence-corrected chi connectivity index (χ1v) is 5.75. The number of carbonyl (C=O) groups is 1. The van der Waals surface area contributed by atoms with Crippen LogP contribution in [0.4, 0.5) is 0 Å². The van der Waals surface area contributed by atoms with Crippen molar-refractivity contribution < 1.29 is 4.79 Å². The summed E-state index contributed by atoms with van der Waals surface area (Å²) >= 11 is 6.00. The number of hydrogen-bond acceptors (Lipinski definition) is 1. The van der Waals surface area contributed by atoms with E-state index in [-0.39, 0.29) is 5.78 Å². The van der Waals surface area contributed by atoms with Crippen molar-refractivity contribution in [2.24, 2.45) is 0 Å². The van der Waals surface area contributed by atoms with Gasteiger partial charge in [-0.2, -0.15) is 0 Å². The van der Waals surface area contributed by atoms with Crippen molar-refractivity contribution in [3.8, 4) is 0 Å². The third-order valence-corrected chi connectivity index (χ3v) is 3.20. The number of ketones is 1. The van der Waals surface area contributed by atoms with Crippen LogP contribution in [0.25, 0.3) is 21.8 Å². The van der Waals surface area contributed by atoms with Crippen LogP contribution in [0.2, 0.25) is 5.02 Å². The molecule has 2 aromatic carbocycles. The van der Waals surface area contributed by atoms with Gasteiger partial charge in [0.15, 0.2) is 5.78 Å². The molecular formula is C14H10ClNO. The summed E-state index contributed by atoms with van der Waals surface area (Å²) in [5.74, 6) is 0.0725. The highest BCUT2D eigenvalue weighted by Gasteiger charge is 2.07. The van der Waals surface area contributed by atoms with Crippen LogP contribution < -0.4 is 0 Å². The number of Topliss-reactive ketones (excluding diaryl/α,β-unsaturated/α-hetero) is 1. The van der Waals surface area contributed by atoms with Crippen LogP contribution in [0.1, 0.15) is 17.3 Å². The number of rotatable bonds is 1. The fourth-order valence-corrected chi connectivity index (χ4v) is 2.26. The van der Waals surface area contributed by atoms with Gasteiger partial charge in [-0.05, 0) is 43.3 Å². The van der Waals surface area contributed by atoms with Crippen LogP contribution in [0.3, 0.4) is 0 Å². The number of aromatic nitrogens is 1. The maximum Gasteiger partial charge on any atom is 0.159 e. The molecule has 0 fully saturated rings. The quantitative estimate of drug-likeness (QED) is 0.639. The normalized spacial score (nSPS) is 11.2. The standard InChI is InChI=1S/C14H10ClNO/c1-8(17)9-2-4-13-11(6-9)12-7-10(15)3-5-14(12)16-13/h2-7,16H,1H3. The third-order valence-electron chi connectivity index (χ3n) is 2.97. The van der Waals surface area contributed by atoms with Gasteiger partial charge in [0, 0.05) is 32.4 Å². The molecule has 0 spiro atoms. The fraction of sp³-hybridized carbons (Fsp3) is 0.0714. The molecule has 0 unspecified atom stereocenters. The molecule has 84 valence electrons. The molecule has 0 radical (unpaired) electrons. The van der Waals surface area contributed by atoms with E-state index in [2.05, 4.69) is 4.98 Å². The molecule has 3 heteroatoms. The Kier molecular flexibility index (Phi) is 2.20. The summed E-state index contributed by atoms with van der Waals surface area (Å²) in [6, 6.07) is 11.4. The van der Waals surface area contributed by atoms with Gasteiger partial charge in [-0.25, -0.2) is 0 Å². The summed E-state index contributed by atoms with van der Waals surface area (Å²) in [6.07, 6.45) is 0. The minimum absolute atomic E-state index is 0.0725. The minimum Gasteiger partial charge on any atom is -0.355 e. The van der Waals surface area contributed by atoms with Crippen molar-refractivity contribution in [3.05, 3.63) is 47.0 Å². The molecule has 2 nitrogen and oxygen atoms in total. The highest BCUT2D eigenvalue weighted by molar-refractivity contribution is 6.31. The molecule has 1 heterocycles. The van der Waals surface area contributed by atoms with Crippen molar-refractivity contribution in [1.82, 2.24) is 4.98 Å². The Morgan fingerprint density at radius 2 is 1.71 bits per heavy atom. The lowest BCUT2D eigenvalue weighted by atomic mass is 10.1. The summed E-state index contributed by atoms with van der Waals surface area (Å²) in [6.45, 7) is 1.57. The maximum absolute atomic E-state index is 11.4. The molecule has 0 aliphatic rings.